The molecule has 1 unspecified atom stereocenters. The molecule has 2 aromatic carbocycles. The van der Waals surface area contributed by atoms with Crippen molar-refractivity contribution in [3.63, 3.8) is 0 Å². The maximum absolute atomic E-state index is 15.3. The quantitative estimate of drug-likeness (QED) is 0.274. The second-order valence-electron chi connectivity index (χ2n) is 10.8. The maximum Gasteiger partial charge on any atom is 0.331 e. The van der Waals surface area contributed by atoms with Crippen molar-refractivity contribution >= 4 is 41.1 Å². The van der Waals surface area contributed by atoms with Crippen LogP contribution in [0.15, 0.2) is 72.6 Å². The number of aliphatic hydroxyl groups is 1. The average molecular weight is 634 g/mol. The number of aromatic nitrogens is 1. The average Bonchev–Trinajstić information content (AvgIpc) is 3.03. The van der Waals surface area contributed by atoms with E-state index in [0.29, 0.717) is 26.2 Å². The first kappa shape index (κ1) is 32.1. The second kappa shape index (κ2) is 13.7. The molecular weight excluding hydrogens is 600 g/mol. The summed E-state index contributed by atoms with van der Waals surface area (Å²) in [6.45, 7) is 5.98. The summed E-state index contributed by atoms with van der Waals surface area (Å²) in [5.74, 6) is -2.33. The number of aliphatic hydroxyl groups excluding tert-OH is 1. The van der Waals surface area contributed by atoms with Gasteiger partial charge in [0.15, 0.2) is 17.8 Å². The molecule has 0 bridgehead atoms. The topological polar surface area (TPSA) is 153 Å². The molecular formula is C32H33F2N7O5. The first-order chi connectivity index (χ1) is 22.0. The Morgan fingerprint density at radius 3 is 2.50 bits per heavy atom. The number of hydrogen-bond donors (Lipinski definition) is 4. The number of piperazine rings is 1. The van der Waals surface area contributed by atoms with Crippen LogP contribution in [0.25, 0.3) is 6.08 Å². The Morgan fingerprint density at radius 2 is 1.83 bits per heavy atom. The van der Waals surface area contributed by atoms with E-state index in [1.807, 2.05) is 0 Å². The van der Waals surface area contributed by atoms with Crippen molar-refractivity contribution in [1.29, 1.82) is 0 Å². The predicted molar refractivity (Wildman–Crippen MR) is 168 cm³/mol. The third-order valence-electron chi connectivity index (χ3n) is 7.36. The number of benzene rings is 2. The van der Waals surface area contributed by atoms with Crippen molar-refractivity contribution in [3.05, 3.63) is 89.8 Å². The molecule has 2 aliphatic heterocycles. The minimum Gasteiger partial charge on any atom is -0.453 e. The summed E-state index contributed by atoms with van der Waals surface area (Å²) in [5.41, 5.74) is 6.35. The Bertz CT molecular complexity index is 1690. The van der Waals surface area contributed by atoms with Gasteiger partial charge in [-0.15, -0.1) is 0 Å². The number of nitrogens with two attached hydrogens (primary N) is 1. The fourth-order valence-electron chi connectivity index (χ4n) is 4.89. The first-order valence-corrected chi connectivity index (χ1v) is 14.5. The highest BCUT2D eigenvalue weighted by atomic mass is 19.1. The first-order valence-electron chi connectivity index (χ1n) is 14.5. The van der Waals surface area contributed by atoms with Crippen LogP contribution in [0.4, 0.5) is 30.8 Å². The van der Waals surface area contributed by atoms with Crippen molar-refractivity contribution in [1.82, 2.24) is 20.1 Å². The van der Waals surface area contributed by atoms with E-state index in [4.69, 9.17) is 10.5 Å². The van der Waals surface area contributed by atoms with Crippen LogP contribution in [-0.2, 0) is 9.59 Å². The zero-order chi connectivity index (χ0) is 33.0. The third-order valence-corrected chi connectivity index (χ3v) is 7.36. The lowest BCUT2D eigenvalue weighted by molar-refractivity contribution is -0.126. The van der Waals surface area contributed by atoms with Crippen molar-refractivity contribution in [2.24, 2.45) is 0 Å². The van der Waals surface area contributed by atoms with Gasteiger partial charge in [-0.2, -0.15) is 0 Å². The number of rotatable bonds is 8. The Morgan fingerprint density at radius 1 is 1.11 bits per heavy atom. The molecule has 14 heteroatoms. The van der Waals surface area contributed by atoms with Crippen molar-refractivity contribution < 1.29 is 33.0 Å². The van der Waals surface area contributed by atoms with Gasteiger partial charge < -0.3 is 31.1 Å². The van der Waals surface area contributed by atoms with Crippen LogP contribution in [0.1, 0.15) is 19.4 Å². The van der Waals surface area contributed by atoms with Crippen molar-refractivity contribution in [3.8, 4) is 11.5 Å². The molecule has 1 atom stereocenters. The number of urea groups is 1. The normalized spacial score (nSPS) is 17.0. The largest absolute Gasteiger partial charge is 0.453 e. The summed E-state index contributed by atoms with van der Waals surface area (Å²) >= 11 is 0. The molecule has 4 amide bonds. The van der Waals surface area contributed by atoms with E-state index in [0.717, 1.165) is 23.1 Å². The Labute approximate surface area is 263 Å². The van der Waals surface area contributed by atoms with Crippen LogP contribution in [0, 0.1) is 11.6 Å². The van der Waals surface area contributed by atoms with Gasteiger partial charge in [0.25, 0.3) is 5.91 Å². The fraction of sp³-hybridized carbons (Fsp3) is 0.250. The molecule has 240 valence electrons. The number of carbonyl (C=O) groups is 3. The Kier molecular flexibility index (Phi) is 9.58. The molecule has 3 aromatic rings. The number of ether oxygens (including phenoxy) is 1. The summed E-state index contributed by atoms with van der Waals surface area (Å²) in [6.07, 6.45) is 3.74. The molecule has 46 heavy (non-hydrogen) atoms. The number of anilines is 3. The smallest absolute Gasteiger partial charge is 0.331 e. The lowest BCUT2D eigenvalue weighted by Crippen LogP contribution is -2.55. The van der Waals surface area contributed by atoms with Gasteiger partial charge in [0.05, 0.1) is 11.1 Å². The summed E-state index contributed by atoms with van der Waals surface area (Å²) in [7, 11) is 0. The molecule has 5 rings (SSSR count). The van der Waals surface area contributed by atoms with E-state index in [9.17, 15) is 23.9 Å². The summed E-state index contributed by atoms with van der Waals surface area (Å²) < 4.78 is 34.6. The molecule has 12 nitrogen and oxygen atoms in total. The molecule has 2 aliphatic rings. The number of nitrogen functional groups attached to an aromatic ring is 1. The van der Waals surface area contributed by atoms with Crippen molar-refractivity contribution in [2.45, 2.75) is 26.1 Å². The van der Waals surface area contributed by atoms with Crippen molar-refractivity contribution in [2.75, 3.05) is 42.1 Å². The van der Waals surface area contributed by atoms with Crippen LogP contribution >= 0.6 is 0 Å². The monoisotopic (exact) mass is 633 g/mol. The van der Waals surface area contributed by atoms with Crippen LogP contribution in [0.5, 0.6) is 11.5 Å². The molecule has 3 heterocycles. The van der Waals surface area contributed by atoms with E-state index < -0.39 is 29.8 Å². The van der Waals surface area contributed by atoms with Crippen LogP contribution < -0.4 is 26.0 Å². The lowest BCUT2D eigenvalue weighted by Gasteiger charge is -2.39. The molecule has 1 saturated heterocycles. The van der Waals surface area contributed by atoms with E-state index in [2.05, 4.69) is 15.6 Å². The third kappa shape index (κ3) is 6.98. The fourth-order valence-corrected chi connectivity index (χ4v) is 4.89. The number of halogens is 2. The molecule has 0 saturated carbocycles. The van der Waals surface area contributed by atoms with E-state index >= 15 is 4.39 Å². The lowest BCUT2D eigenvalue weighted by atomic mass is 10.1. The van der Waals surface area contributed by atoms with Gasteiger partial charge in [-0.25, -0.2) is 18.6 Å². The molecule has 0 spiro atoms. The van der Waals surface area contributed by atoms with E-state index in [1.54, 1.807) is 18.7 Å². The van der Waals surface area contributed by atoms with Gasteiger partial charge in [0, 0.05) is 68.1 Å². The van der Waals surface area contributed by atoms with Gasteiger partial charge >= 0.3 is 6.03 Å². The minimum atomic E-state index is -1.71. The van der Waals surface area contributed by atoms with Gasteiger partial charge in [-0.3, -0.25) is 19.4 Å². The van der Waals surface area contributed by atoms with Gasteiger partial charge in [0.1, 0.15) is 17.4 Å². The van der Waals surface area contributed by atoms with Crippen LogP contribution in [-0.4, -0.2) is 76.2 Å². The number of nitrogens with zero attached hydrogens (tertiary/aromatic N) is 4. The molecule has 5 N–H and O–H groups in total. The van der Waals surface area contributed by atoms with Gasteiger partial charge in [-0.05, 0) is 62.4 Å². The summed E-state index contributed by atoms with van der Waals surface area (Å²) in [4.78, 5) is 47.0. The minimum absolute atomic E-state index is 0.0419. The predicted octanol–water partition coefficient (Wildman–Crippen LogP) is 3.67. The maximum atomic E-state index is 15.3. The van der Waals surface area contributed by atoms with Crippen LogP contribution in [0.3, 0.4) is 0 Å². The number of hydrogen-bond acceptors (Lipinski definition) is 8. The highest BCUT2D eigenvalue weighted by Gasteiger charge is 2.38. The number of amides is 4. The molecule has 0 radical (unpaired) electrons. The van der Waals surface area contributed by atoms with E-state index in [1.165, 1.54) is 59.8 Å². The number of nitrogens with one attached hydrogen (secondary N) is 2. The van der Waals surface area contributed by atoms with Crippen LogP contribution in [0.2, 0.25) is 0 Å². The number of carbonyl (C=O) groups excluding carboxylic acids is 3. The molecule has 0 aliphatic carbocycles. The highest BCUT2D eigenvalue weighted by molar-refractivity contribution is 6.08. The van der Waals surface area contributed by atoms with Gasteiger partial charge in [-0.1, -0.05) is 0 Å². The zero-order valence-electron chi connectivity index (χ0n) is 25.1. The standard InChI is InChI=1S/C32H33F2N7O5/c1-19(2)40-18-24(31(44)41(32(40)45)22-6-3-20(33)4-7-22)30(43)38-21-5-9-27(25(34)17-21)46-26-11-12-37-29(35)23(26)8-10-28(42)39-15-13-36-14-16-39/h3-12,17-19,31,36,44H,13-16H2,1-2H3,(H2,35,37)(H,38,43)/b10-8+. The summed E-state index contributed by atoms with van der Waals surface area (Å²) in [6, 6.07) is 9.08. The second-order valence-corrected chi connectivity index (χ2v) is 10.8. The van der Waals surface area contributed by atoms with E-state index in [-0.39, 0.29) is 51.8 Å². The summed E-state index contributed by atoms with van der Waals surface area (Å²) in [5, 5.41) is 16.8. The molecule has 1 fully saturated rings. The Hall–Kier alpha value is -5.34. The molecule has 1 aromatic heterocycles. The zero-order valence-corrected chi connectivity index (χ0v) is 25.1. The SMILES string of the molecule is CC(C)N1C=C(C(=O)Nc2ccc(Oc3ccnc(N)c3/C=C/C(=O)N3CCNCC3)c(F)c2)C(O)N(c2ccc(F)cc2)C1=O. The van der Waals surface area contributed by atoms with Gasteiger partial charge in [0.2, 0.25) is 5.91 Å². The Balaban J connectivity index is 1.33. The number of pyridine rings is 1. The highest BCUT2D eigenvalue weighted by Crippen LogP contribution is 2.33.